The van der Waals surface area contributed by atoms with Crippen LogP contribution < -0.4 is 5.32 Å². The number of rotatable bonds is 2. The van der Waals surface area contributed by atoms with Gasteiger partial charge in [-0.3, -0.25) is 4.90 Å². The molecule has 0 saturated carbocycles. The van der Waals surface area contributed by atoms with Gasteiger partial charge in [-0.25, -0.2) is 0 Å². The second kappa shape index (κ2) is 5.64. The van der Waals surface area contributed by atoms with Crippen LogP contribution in [0.15, 0.2) is 30.3 Å². The second-order valence-electron chi connectivity index (χ2n) is 5.46. The molecule has 0 amide bonds. The van der Waals surface area contributed by atoms with E-state index >= 15 is 0 Å². The lowest BCUT2D eigenvalue weighted by Gasteiger charge is -2.49. The van der Waals surface area contributed by atoms with E-state index in [0.29, 0.717) is 5.54 Å². The molecular weight excluding hydrogens is 240 g/mol. The lowest BCUT2D eigenvalue weighted by molar-refractivity contribution is 0.0755. The van der Waals surface area contributed by atoms with Gasteiger partial charge in [0.25, 0.3) is 0 Å². The summed E-state index contributed by atoms with van der Waals surface area (Å²) in [5, 5.41) is 3.61. The van der Waals surface area contributed by atoms with Gasteiger partial charge >= 0.3 is 0 Å². The molecule has 1 N–H and O–H groups in total. The van der Waals surface area contributed by atoms with Crippen molar-refractivity contribution in [1.82, 2.24) is 10.2 Å². The van der Waals surface area contributed by atoms with Crippen LogP contribution in [0.3, 0.4) is 0 Å². The molecule has 98 valence electrons. The predicted molar refractivity (Wildman–Crippen MR) is 79.0 cm³/mol. The van der Waals surface area contributed by atoms with E-state index in [4.69, 9.17) is 0 Å². The summed E-state index contributed by atoms with van der Waals surface area (Å²) >= 11 is 2.13. The summed E-state index contributed by atoms with van der Waals surface area (Å²) < 4.78 is 0. The SMILES string of the molecule is c1ccc(CN2CCSCC23CCCNC3)cc1. The molecule has 3 heteroatoms. The first-order valence-electron chi connectivity index (χ1n) is 6.97. The Balaban J connectivity index is 1.75. The van der Waals surface area contributed by atoms with Gasteiger partial charge in [-0.1, -0.05) is 30.3 Å². The van der Waals surface area contributed by atoms with E-state index in [2.05, 4.69) is 52.3 Å². The molecule has 18 heavy (non-hydrogen) atoms. The zero-order chi connectivity index (χ0) is 12.3. The molecule has 1 spiro atoms. The van der Waals surface area contributed by atoms with Crippen molar-refractivity contribution in [3.8, 4) is 0 Å². The Kier molecular flexibility index (Phi) is 3.92. The number of nitrogens with zero attached hydrogens (tertiary/aromatic N) is 1. The molecule has 2 aliphatic heterocycles. The fourth-order valence-corrected chi connectivity index (χ4v) is 4.46. The Labute approximate surface area is 114 Å². The summed E-state index contributed by atoms with van der Waals surface area (Å²) in [5.74, 6) is 2.58. The monoisotopic (exact) mass is 262 g/mol. The number of hydrogen-bond donors (Lipinski definition) is 1. The Morgan fingerprint density at radius 1 is 1.28 bits per heavy atom. The number of piperidine rings is 1. The standard InChI is InChI=1S/C15H22N2S/c1-2-5-14(6-3-1)11-17-9-10-18-13-15(17)7-4-8-16-12-15/h1-3,5-6,16H,4,7-13H2. The van der Waals surface area contributed by atoms with Gasteiger partial charge in [0, 0.05) is 36.7 Å². The third-order valence-corrected chi connectivity index (χ3v) is 5.43. The van der Waals surface area contributed by atoms with Crippen LogP contribution in [-0.2, 0) is 6.54 Å². The van der Waals surface area contributed by atoms with Crippen molar-refractivity contribution < 1.29 is 0 Å². The lowest BCUT2D eigenvalue weighted by atomic mass is 9.89. The van der Waals surface area contributed by atoms with Gasteiger partial charge in [0.2, 0.25) is 0 Å². The van der Waals surface area contributed by atoms with Crippen molar-refractivity contribution in [3.05, 3.63) is 35.9 Å². The predicted octanol–water partition coefficient (Wildman–Crippen LogP) is 2.36. The van der Waals surface area contributed by atoms with Gasteiger partial charge in [0.1, 0.15) is 0 Å². The minimum Gasteiger partial charge on any atom is -0.315 e. The first-order chi connectivity index (χ1) is 8.89. The molecule has 1 atom stereocenters. The summed E-state index contributed by atoms with van der Waals surface area (Å²) in [4.78, 5) is 2.73. The lowest BCUT2D eigenvalue weighted by Crippen LogP contribution is -2.61. The molecule has 1 unspecified atom stereocenters. The highest BCUT2D eigenvalue weighted by Gasteiger charge is 2.39. The molecule has 2 fully saturated rings. The summed E-state index contributed by atoms with van der Waals surface area (Å²) in [6, 6.07) is 10.9. The Morgan fingerprint density at radius 2 is 2.17 bits per heavy atom. The number of nitrogens with one attached hydrogen (secondary N) is 1. The van der Waals surface area contributed by atoms with Crippen LogP contribution in [-0.4, -0.2) is 41.6 Å². The summed E-state index contributed by atoms with van der Waals surface area (Å²) in [6.07, 6.45) is 2.69. The van der Waals surface area contributed by atoms with Crippen molar-refractivity contribution in [2.75, 3.05) is 31.1 Å². The fourth-order valence-electron chi connectivity index (χ4n) is 3.16. The first kappa shape index (κ1) is 12.5. The molecule has 0 aliphatic carbocycles. The summed E-state index contributed by atoms with van der Waals surface area (Å²) in [5.41, 5.74) is 1.87. The highest BCUT2D eigenvalue weighted by molar-refractivity contribution is 7.99. The maximum atomic E-state index is 3.61. The quantitative estimate of drug-likeness (QED) is 0.881. The first-order valence-corrected chi connectivity index (χ1v) is 8.12. The van der Waals surface area contributed by atoms with Gasteiger partial charge in [0.05, 0.1) is 0 Å². The van der Waals surface area contributed by atoms with E-state index in [1.165, 1.54) is 49.5 Å². The highest BCUT2D eigenvalue weighted by atomic mass is 32.2. The molecule has 2 saturated heterocycles. The maximum absolute atomic E-state index is 3.61. The van der Waals surface area contributed by atoms with Crippen molar-refractivity contribution in [2.45, 2.75) is 24.9 Å². The van der Waals surface area contributed by atoms with Crippen LogP contribution in [0, 0.1) is 0 Å². The highest BCUT2D eigenvalue weighted by Crippen LogP contribution is 2.33. The van der Waals surface area contributed by atoms with Crippen LogP contribution in [0.1, 0.15) is 18.4 Å². The van der Waals surface area contributed by atoms with E-state index in [1.807, 2.05) is 0 Å². The van der Waals surface area contributed by atoms with Gasteiger partial charge in [-0.15, -0.1) is 0 Å². The normalized spacial score (nSPS) is 29.6. The van der Waals surface area contributed by atoms with E-state index in [1.54, 1.807) is 0 Å². The molecule has 2 heterocycles. The Hall–Kier alpha value is -0.510. The Bertz CT molecular complexity index is 365. The molecular formula is C15H22N2S. The molecule has 1 aromatic carbocycles. The van der Waals surface area contributed by atoms with Crippen LogP contribution in [0.25, 0.3) is 0 Å². The van der Waals surface area contributed by atoms with Crippen LogP contribution in [0.2, 0.25) is 0 Å². The molecule has 3 rings (SSSR count). The van der Waals surface area contributed by atoms with Crippen LogP contribution in [0.4, 0.5) is 0 Å². The smallest absolute Gasteiger partial charge is 0.0428 e. The van der Waals surface area contributed by atoms with Gasteiger partial charge in [-0.2, -0.15) is 11.8 Å². The molecule has 0 radical (unpaired) electrons. The van der Waals surface area contributed by atoms with Crippen LogP contribution >= 0.6 is 11.8 Å². The second-order valence-corrected chi connectivity index (χ2v) is 6.57. The van der Waals surface area contributed by atoms with Crippen molar-refractivity contribution in [1.29, 1.82) is 0 Å². The van der Waals surface area contributed by atoms with Crippen molar-refractivity contribution in [3.63, 3.8) is 0 Å². The van der Waals surface area contributed by atoms with E-state index in [-0.39, 0.29) is 0 Å². The zero-order valence-electron chi connectivity index (χ0n) is 10.9. The van der Waals surface area contributed by atoms with E-state index in [9.17, 15) is 0 Å². The van der Waals surface area contributed by atoms with E-state index in [0.717, 1.165) is 6.54 Å². The summed E-state index contributed by atoms with van der Waals surface area (Å²) in [7, 11) is 0. The Morgan fingerprint density at radius 3 is 2.94 bits per heavy atom. The summed E-state index contributed by atoms with van der Waals surface area (Å²) in [6.45, 7) is 4.72. The maximum Gasteiger partial charge on any atom is 0.0428 e. The average Bonchev–Trinajstić information content (AvgIpc) is 2.44. The third-order valence-electron chi connectivity index (χ3n) is 4.21. The van der Waals surface area contributed by atoms with E-state index < -0.39 is 0 Å². The van der Waals surface area contributed by atoms with Crippen molar-refractivity contribution >= 4 is 11.8 Å². The number of hydrogen-bond acceptors (Lipinski definition) is 3. The average molecular weight is 262 g/mol. The van der Waals surface area contributed by atoms with Gasteiger partial charge < -0.3 is 5.32 Å². The number of thioether (sulfide) groups is 1. The molecule has 0 bridgehead atoms. The van der Waals surface area contributed by atoms with Crippen LogP contribution in [0.5, 0.6) is 0 Å². The fraction of sp³-hybridized carbons (Fsp3) is 0.600. The molecule has 0 aromatic heterocycles. The number of benzene rings is 1. The molecule has 2 aliphatic rings. The largest absolute Gasteiger partial charge is 0.315 e. The zero-order valence-corrected chi connectivity index (χ0v) is 11.7. The van der Waals surface area contributed by atoms with Gasteiger partial charge in [-0.05, 0) is 24.9 Å². The minimum atomic E-state index is 0.414. The minimum absolute atomic E-state index is 0.414. The molecule has 1 aromatic rings. The van der Waals surface area contributed by atoms with Crippen molar-refractivity contribution in [2.24, 2.45) is 0 Å². The third kappa shape index (κ3) is 2.58. The topological polar surface area (TPSA) is 15.3 Å². The van der Waals surface area contributed by atoms with Gasteiger partial charge in [0.15, 0.2) is 0 Å². The molecule has 2 nitrogen and oxygen atoms in total.